The second-order valence-corrected chi connectivity index (χ2v) is 6.67. The van der Waals surface area contributed by atoms with Crippen LogP contribution in [0.3, 0.4) is 0 Å². The number of nitrogens with two attached hydrogens (primary N) is 1. The van der Waals surface area contributed by atoms with E-state index >= 15 is 0 Å². The molecule has 7 heteroatoms. The minimum atomic E-state index is -3.10. The summed E-state index contributed by atoms with van der Waals surface area (Å²) in [5.74, 6) is -0.0576. The Hall–Kier alpha value is -0.660. The Bertz CT molecular complexity index is 359. The molecule has 1 atom stereocenters. The van der Waals surface area contributed by atoms with Crippen molar-refractivity contribution < 1.29 is 13.2 Å². The molecule has 1 aliphatic rings. The number of amides is 1. The second kappa shape index (κ2) is 5.79. The summed E-state index contributed by atoms with van der Waals surface area (Å²) < 4.78 is 24.0. The smallest absolute Gasteiger partial charge is 0.221 e. The summed E-state index contributed by atoms with van der Waals surface area (Å²) in [7, 11) is -3.10. The van der Waals surface area contributed by atoms with Crippen molar-refractivity contribution >= 4 is 15.9 Å². The molecule has 1 heterocycles. The summed E-state index contributed by atoms with van der Waals surface area (Å²) in [5.41, 5.74) is 5.53. The van der Waals surface area contributed by atoms with E-state index in [-0.39, 0.29) is 18.0 Å². The van der Waals surface area contributed by atoms with Crippen LogP contribution in [0.25, 0.3) is 0 Å². The fourth-order valence-electron chi connectivity index (χ4n) is 1.91. The minimum Gasteiger partial charge on any atom is -0.353 e. The normalized spacial score (nSPS) is 21.1. The van der Waals surface area contributed by atoms with Crippen molar-refractivity contribution in [1.82, 2.24) is 9.62 Å². The van der Waals surface area contributed by atoms with E-state index < -0.39 is 10.0 Å². The second-order valence-electron chi connectivity index (χ2n) is 4.69. The average Bonchev–Trinajstić information content (AvgIpc) is 2.15. The van der Waals surface area contributed by atoms with Gasteiger partial charge in [-0.25, -0.2) is 12.7 Å². The lowest BCUT2D eigenvalue weighted by molar-refractivity contribution is -0.122. The summed E-state index contributed by atoms with van der Waals surface area (Å²) in [6.07, 6.45) is 2.85. The number of nitrogens with zero attached hydrogens (tertiary/aromatic N) is 1. The summed E-state index contributed by atoms with van der Waals surface area (Å²) >= 11 is 0. The molecule has 0 aromatic rings. The highest BCUT2D eigenvalue weighted by Gasteiger charge is 2.25. The third-order valence-corrected chi connectivity index (χ3v) is 4.10. The number of hydrogen-bond acceptors (Lipinski definition) is 4. The maximum absolute atomic E-state index is 11.5. The van der Waals surface area contributed by atoms with Gasteiger partial charge in [-0.3, -0.25) is 4.79 Å². The predicted octanol–water partition coefficient (Wildman–Crippen LogP) is -0.736. The van der Waals surface area contributed by atoms with Gasteiger partial charge in [-0.05, 0) is 19.8 Å². The molecule has 100 valence electrons. The topological polar surface area (TPSA) is 92.5 Å². The predicted molar refractivity (Wildman–Crippen MR) is 65.8 cm³/mol. The van der Waals surface area contributed by atoms with Gasteiger partial charge in [-0.15, -0.1) is 0 Å². The SMILES string of the molecule is CC(N)CC(=O)NC1CCN(S(C)(=O)=O)CC1. The van der Waals surface area contributed by atoms with Gasteiger partial charge in [-0.2, -0.15) is 0 Å². The zero-order valence-corrected chi connectivity index (χ0v) is 11.2. The van der Waals surface area contributed by atoms with Crippen molar-refractivity contribution in [3.8, 4) is 0 Å². The van der Waals surface area contributed by atoms with Gasteiger partial charge < -0.3 is 11.1 Å². The first-order valence-electron chi connectivity index (χ1n) is 5.79. The Morgan fingerprint density at radius 3 is 2.41 bits per heavy atom. The zero-order chi connectivity index (χ0) is 13.1. The molecule has 1 saturated heterocycles. The molecule has 0 aromatic heterocycles. The molecule has 0 bridgehead atoms. The third kappa shape index (κ3) is 5.01. The number of rotatable bonds is 4. The monoisotopic (exact) mass is 263 g/mol. The van der Waals surface area contributed by atoms with Crippen LogP contribution in [0.15, 0.2) is 0 Å². The van der Waals surface area contributed by atoms with Gasteiger partial charge in [0.2, 0.25) is 15.9 Å². The number of piperidine rings is 1. The van der Waals surface area contributed by atoms with Gasteiger partial charge in [0.15, 0.2) is 0 Å². The first-order chi connectivity index (χ1) is 7.79. The van der Waals surface area contributed by atoms with Crippen molar-refractivity contribution in [3.63, 3.8) is 0 Å². The van der Waals surface area contributed by atoms with Gasteiger partial charge >= 0.3 is 0 Å². The van der Waals surface area contributed by atoms with Crippen molar-refractivity contribution in [2.75, 3.05) is 19.3 Å². The lowest BCUT2D eigenvalue weighted by atomic mass is 10.1. The van der Waals surface area contributed by atoms with Crippen LogP contribution in [-0.4, -0.2) is 50.1 Å². The molecule has 17 heavy (non-hydrogen) atoms. The van der Waals surface area contributed by atoms with Gasteiger partial charge in [0, 0.05) is 31.6 Å². The number of carbonyl (C=O) groups excluding carboxylic acids is 1. The van der Waals surface area contributed by atoms with Gasteiger partial charge in [0.1, 0.15) is 0 Å². The molecule has 0 aliphatic carbocycles. The fourth-order valence-corrected chi connectivity index (χ4v) is 2.78. The van der Waals surface area contributed by atoms with Gasteiger partial charge in [0.05, 0.1) is 6.26 Å². The van der Waals surface area contributed by atoms with E-state index in [1.54, 1.807) is 6.92 Å². The number of nitrogens with one attached hydrogen (secondary N) is 1. The molecule has 0 radical (unpaired) electrons. The van der Waals surface area contributed by atoms with Crippen LogP contribution >= 0.6 is 0 Å². The number of carbonyl (C=O) groups is 1. The molecule has 1 fully saturated rings. The number of sulfonamides is 1. The van der Waals surface area contributed by atoms with E-state index in [0.717, 1.165) is 0 Å². The minimum absolute atomic E-state index is 0.0576. The molecule has 1 amide bonds. The summed E-state index contributed by atoms with van der Waals surface area (Å²) in [5, 5.41) is 2.88. The fraction of sp³-hybridized carbons (Fsp3) is 0.900. The first-order valence-corrected chi connectivity index (χ1v) is 7.64. The first kappa shape index (κ1) is 14.4. The Labute approximate surface area is 103 Å². The molecule has 3 N–H and O–H groups in total. The van der Waals surface area contributed by atoms with E-state index in [9.17, 15) is 13.2 Å². The average molecular weight is 263 g/mol. The quantitative estimate of drug-likeness (QED) is 0.699. The molecule has 0 spiro atoms. The molecular formula is C10H21N3O3S. The lowest BCUT2D eigenvalue weighted by Gasteiger charge is -2.30. The molecule has 0 aromatic carbocycles. The van der Waals surface area contributed by atoms with Gasteiger partial charge in [0.25, 0.3) is 0 Å². The van der Waals surface area contributed by atoms with Crippen molar-refractivity contribution in [3.05, 3.63) is 0 Å². The molecule has 0 saturated carbocycles. The maximum Gasteiger partial charge on any atom is 0.221 e. The lowest BCUT2D eigenvalue weighted by Crippen LogP contribution is -2.46. The number of hydrogen-bond donors (Lipinski definition) is 2. The highest BCUT2D eigenvalue weighted by molar-refractivity contribution is 7.88. The Kier molecular flexibility index (Phi) is 4.91. The Morgan fingerprint density at radius 2 is 2.00 bits per heavy atom. The van der Waals surface area contributed by atoms with Crippen LogP contribution in [0.1, 0.15) is 26.2 Å². The van der Waals surface area contributed by atoms with Crippen LogP contribution in [0.2, 0.25) is 0 Å². The largest absolute Gasteiger partial charge is 0.353 e. The highest BCUT2D eigenvalue weighted by Crippen LogP contribution is 2.13. The standard InChI is InChI=1S/C10H21N3O3S/c1-8(11)7-10(14)12-9-3-5-13(6-4-9)17(2,15)16/h8-9H,3-7,11H2,1-2H3,(H,12,14). The van der Waals surface area contributed by atoms with Crippen LogP contribution in [0.5, 0.6) is 0 Å². The molecule has 1 aliphatic heterocycles. The summed E-state index contributed by atoms with van der Waals surface area (Å²) in [4.78, 5) is 11.5. The zero-order valence-electron chi connectivity index (χ0n) is 10.3. The molecule has 6 nitrogen and oxygen atoms in total. The van der Waals surface area contributed by atoms with Crippen LogP contribution < -0.4 is 11.1 Å². The maximum atomic E-state index is 11.5. The molecule has 1 unspecified atom stereocenters. The Morgan fingerprint density at radius 1 is 1.47 bits per heavy atom. The van der Waals surface area contributed by atoms with Crippen LogP contribution in [0, 0.1) is 0 Å². The third-order valence-electron chi connectivity index (χ3n) is 2.80. The van der Waals surface area contributed by atoms with Crippen LogP contribution in [-0.2, 0) is 14.8 Å². The summed E-state index contributed by atoms with van der Waals surface area (Å²) in [6, 6.07) is -0.0784. The molecule has 1 rings (SSSR count). The van der Waals surface area contributed by atoms with Crippen LogP contribution in [0.4, 0.5) is 0 Å². The van der Waals surface area contributed by atoms with Crippen molar-refractivity contribution in [1.29, 1.82) is 0 Å². The van der Waals surface area contributed by atoms with E-state index in [1.807, 2.05) is 0 Å². The Balaban J connectivity index is 2.35. The van der Waals surface area contributed by atoms with E-state index in [4.69, 9.17) is 5.73 Å². The highest BCUT2D eigenvalue weighted by atomic mass is 32.2. The van der Waals surface area contributed by atoms with Crippen molar-refractivity contribution in [2.45, 2.75) is 38.3 Å². The van der Waals surface area contributed by atoms with E-state index in [1.165, 1.54) is 10.6 Å². The van der Waals surface area contributed by atoms with E-state index in [0.29, 0.717) is 32.4 Å². The van der Waals surface area contributed by atoms with Gasteiger partial charge in [-0.1, -0.05) is 0 Å². The van der Waals surface area contributed by atoms with Crippen molar-refractivity contribution in [2.24, 2.45) is 5.73 Å². The molecular weight excluding hydrogens is 242 g/mol. The summed E-state index contributed by atoms with van der Waals surface area (Å²) in [6.45, 7) is 2.73. The van der Waals surface area contributed by atoms with E-state index in [2.05, 4.69) is 5.32 Å².